The number of nitrogens with one attached hydrogen (secondary N) is 1. The van der Waals surface area contributed by atoms with Crippen LogP contribution < -0.4 is 10.1 Å². The highest BCUT2D eigenvalue weighted by atomic mass is 16.5. The van der Waals surface area contributed by atoms with Crippen LogP contribution in [-0.2, 0) is 6.42 Å². The molecule has 0 aliphatic heterocycles. The van der Waals surface area contributed by atoms with Gasteiger partial charge in [0.2, 0.25) is 0 Å². The van der Waals surface area contributed by atoms with Crippen molar-refractivity contribution in [2.75, 3.05) is 13.2 Å². The standard InChI is InChI=1S/C19H25NO/c1-16-7-6-10-19(15-16)21-14-13-20-17(2)11-12-18-8-4-3-5-9-18/h3-10,15,17,20H,11-14H2,1-2H3. The number of aryl methyl sites for hydroxylation is 2. The van der Waals surface area contributed by atoms with Crippen LogP contribution in [0.25, 0.3) is 0 Å². The molecule has 2 heteroatoms. The monoisotopic (exact) mass is 283 g/mol. The second-order valence-electron chi connectivity index (χ2n) is 5.54. The Hall–Kier alpha value is -1.80. The summed E-state index contributed by atoms with van der Waals surface area (Å²) in [7, 11) is 0. The first-order valence-electron chi connectivity index (χ1n) is 7.71. The zero-order valence-corrected chi connectivity index (χ0v) is 13.0. The maximum absolute atomic E-state index is 5.74. The van der Waals surface area contributed by atoms with Crippen LogP contribution in [0.3, 0.4) is 0 Å². The maximum atomic E-state index is 5.74. The molecule has 2 nitrogen and oxygen atoms in total. The van der Waals surface area contributed by atoms with Crippen LogP contribution in [0.1, 0.15) is 24.5 Å². The van der Waals surface area contributed by atoms with E-state index in [0.29, 0.717) is 12.6 Å². The van der Waals surface area contributed by atoms with E-state index in [1.165, 1.54) is 11.1 Å². The summed E-state index contributed by atoms with van der Waals surface area (Å²) in [5, 5.41) is 3.51. The molecule has 2 aromatic carbocycles. The summed E-state index contributed by atoms with van der Waals surface area (Å²) in [5.74, 6) is 0.953. The molecule has 2 rings (SSSR count). The smallest absolute Gasteiger partial charge is 0.119 e. The molecule has 2 aromatic rings. The van der Waals surface area contributed by atoms with Gasteiger partial charge in [-0.15, -0.1) is 0 Å². The van der Waals surface area contributed by atoms with Crippen LogP contribution in [0, 0.1) is 6.92 Å². The van der Waals surface area contributed by atoms with Gasteiger partial charge < -0.3 is 10.1 Å². The Balaban J connectivity index is 1.60. The van der Waals surface area contributed by atoms with Crippen LogP contribution in [0.15, 0.2) is 54.6 Å². The molecule has 0 aromatic heterocycles. The van der Waals surface area contributed by atoms with Crippen LogP contribution in [0.5, 0.6) is 5.75 Å². The lowest BCUT2D eigenvalue weighted by Crippen LogP contribution is -2.30. The van der Waals surface area contributed by atoms with E-state index in [0.717, 1.165) is 25.1 Å². The van der Waals surface area contributed by atoms with E-state index in [9.17, 15) is 0 Å². The van der Waals surface area contributed by atoms with Gasteiger partial charge in [-0.1, -0.05) is 42.5 Å². The molecule has 1 unspecified atom stereocenters. The third-order valence-corrected chi connectivity index (χ3v) is 3.56. The van der Waals surface area contributed by atoms with Crippen molar-refractivity contribution in [2.24, 2.45) is 0 Å². The lowest BCUT2D eigenvalue weighted by Gasteiger charge is -2.14. The predicted molar refractivity (Wildman–Crippen MR) is 88.9 cm³/mol. The highest BCUT2D eigenvalue weighted by molar-refractivity contribution is 5.27. The minimum atomic E-state index is 0.506. The summed E-state index contributed by atoms with van der Waals surface area (Å²) in [6, 6.07) is 19.3. The van der Waals surface area contributed by atoms with Crippen molar-refractivity contribution in [3.05, 3.63) is 65.7 Å². The molecule has 0 heterocycles. The van der Waals surface area contributed by atoms with Gasteiger partial charge in [-0.05, 0) is 49.9 Å². The van der Waals surface area contributed by atoms with Gasteiger partial charge in [-0.3, -0.25) is 0 Å². The summed E-state index contributed by atoms with van der Waals surface area (Å²) < 4.78 is 5.74. The van der Waals surface area contributed by atoms with E-state index < -0.39 is 0 Å². The van der Waals surface area contributed by atoms with Crippen molar-refractivity contribution in [3.63, 3.8) is 0 Å². The number of hydrogen-bond donors (Lipinski definition) is 1. The van der Waals surface area contributed by atoms with E-state index in [1.807, 2.05) is 12.1 Å². The van der Waals surface area contributed by atoms with Gasteiger partial charge in [-0.2, -0.15) is 0 Å². The molecule has 0 fully saturated rings. The molecule has 1 atom stereocenters. The zero-order chi connectivity index (χ0) is 14.9. The fourth-order valence-electron chi connectivity index (χ4n) is 2.31. The van der Waals surface area contributed by atoms with Gasteiger partial charge in [0.15, 0.2) is 0 Å². The van der Waals surface area contributed by atoms with Gasteiger partial charge in [-0.25, -0.2) is 0 Å². The molecule has 0 spiro atoms. The fraction of sp³-hybridized carbons (Fsp3) is 0.368. The normalized spacial score (nSPS) is 12.1. The molecule has 112 valence electrons. The van der Waals surface area contributed by atoms with Gasteiger partial charge in [0.25, 0.3) is 0 Å². The van der Waals surface area contributed by atoms with E-state index in [-0.39, 0.29) is 0 Å². The topological polar surface area (TPSA) is 21.3 Å². The average Bonchev–Trinajstić information content (AvgIpc) is 2.51. The van der Waals surface area contributed by atoms with Crippen LogP contribution in [-0.4, -0.2) is 19.2 Å². The van der Waals surface area contributed by atoms with Crippen molar-refractivity contribution in [2.45, 2.75) is 32.7 Å². The van der Waals surface area contributed by atoms with Gasteiger partial charge >= 0.3 is 0 Å². The molecule has 0 amide bonds. The number of hydrogen-bond acceptors (Lipinski definition) is 2. The molecule has 0 saturated carbocycles. The van der Waals surface area contributed by atoms with Crippen molar-refractivity contribution in [3.8, 4) is 5.75 Å². The molecule has 0 saturated heterocycles. The first-order valence-corrected chi connectivity index (χ1v) is 7.71. The first-order chi connectivity index (χ1) is 10.2. The number of benzene rings is 2. The third kappa shape index (κ3) is 6.01. The Labute approximate surface area is 128 Å². The second kappa shape index (κ2) is 8.48. The molecular weight excluding hydrogens is 258 g/mol. The Morgan fingerprint density at radius 2 is 1.86 bits per heavy atom. The molecule has 0 bridgehead atoms. The van der Waals surface area contributed by atoms with Crippen LogP contribution in [0.4, 0.5) is 0 Å². The minimum Gasteiger partial charge on any atom is -0.492 e. The van der Waals surface area contributed by atoms with Crippen LogP contribution >= 0.6 is 0 Å². The van der Waals surface area contributed by atoms with Crippen molar-refractivity contribution in [1.82, 2.24) is 5.32 Å². The third-order valence-electron chi connectivity index (χ3n) is 3.56. The lowest BCUT2D eigenvalue weighted by molar-refractivity contribution is 0.305. The molecule has 0 aliphatic rings. The quantitative estimate of drug-likeness (QED) is 0.740. The number of ether oxygens (including phenoxy) is 1. The molecule has 0 aliphatic carbocycles. The van der Waals surface area contributed by atoms with Crippen molar-refractivity contribution >= 4 is 0 Å². The summed E-state index contributed by atoms with van der Waals surface area (Å²) in [5.41, 5.74) is 2.64. The van der Waals surface area contributed by atoms with Gasteiger partial charge in [0.1, 0.15) is 12.4 Å². The fourth-order valence-corrected chi connectivity index (χ4v) is 2.31. The largest absolute Gasteiger partial charge is 0.492 e. The van der Waals surface area contributed by atoms with Crippen LogP contribution in [0.2, 0.25) is 0 Å². The van der Waals surface area contributed by atoms with Gasteiger partial charge in [0, 0.05) is 12.6 Å². The predicted octanol–water partition coefficient (Wildman–Crippen LogP) is 3.98. The Morgan fingerprint density at radius 1 is 1.05 bits per heavy atom. The van der Waals surface area contributed by atoms with E-state index in [1.54, 1.807) is 0 Å². The summed E-state index contributed by atoms with van der Waals surface area (Å²) in [6.07, 6.45) is 2.27. The zero-order valence-electron chi connectivity index (χ0n) is 13.0. The van der Waals surface area contributed by atoms with Crippen molar-refractivity contribution in [1.29, 1.82) is 0 Å². The second-order valence-corrected chi connectivity index (χ2v) is 5.54. The van der Waals surface area contributed by atoms with E-state index >= 15 is 0 Å². The maximum Gasteiger partial charge on any atom is 0.119 e. The minimum absolute atomic E-state index is 0.506. The summed E-state index contributed by atoms with van der Waals surface area (Å²) in [4.78, 5) is 0. The summed E-state index contributed by atoms with van der Waals surface area (Å²) in [6.45, 7) is 5.90. The first kappa shape index (κ1) is 15.6. The molecular formula is C19H25NO. The molecule has 21 heavy (non-hydrogen) atoms. The van der Waals surface area contributed by atoms with Gasteiger partial charge in [0.05, 0.1) is 0 Å². The highest BCUT2D eigenvalue weighted by Gasteiger charge is 2.02. The Morgan fingerprint density at radius 3 is 2.62 bits per heavy atom. The Bertz CT molecular complexity index is 524. The molecule has 0 radical (unpaired) electrons. The highest BCUT2D eigenvalue weighted by Crippen LogP contribution is 2.11. The average molecular weight is 283 g/mol. The van der Waals surface area contributed by atoms with E-state index in [2.05, 4.69) is 61.6 Å². The molecule has 1 N–H and O–H groups in total. The Kier molecular flexibility index (Phi) is 6.29. The van der Waals surface area contributed by atoms with E-state index in [4.69, 9.17) is 4.74 Å². The number of rotatable bonds is 8. The van der Waals surface area contributed by atoms with Crippen molar-refractivity contribution < 1.29 is 4.74 Å². The lowest BCUT2D eigenvalue weighted by atomic mass is 10.1. The summed E-state index contributed by atoms with van der Waals surface area (Å²) >= 11 is 0. The SMILES string of the molecule is Cc1cccc(OCCNC(C)CCc2ccccc2)c1.